The van der Waals surface area contributed by atoms with Gasteiger partial charge < -0.3 is 4.74 Å². The summed E-state index contributed by atoms with van der Waals surface area (Å²) in [6, 6.07) is 4.70. The number of carbonyl (C=O) groups excluding carboxylic acids is 1. The highest BCUT2D eigenvalue weighted by Gasteiger charge is 2.18. The number of hydrogen-bond donors (Lipinski definition) is 0. The fourth-order valence-electron chi connectivity index (χ4n) is 1.75. The molecule has 0 amide bonds. The second kappa shape index (κ2) is 6.50. The zero-order chi connectivity index (χ0) is 14.4. The fourth-order valence-corrected chi connectivity index (χ4v) is 1.75. The third kappa shape index (κ3) is 3.52. The summed E-state index contributed by atoms with van der Waals surface area (Å²) in [5.41, 5.74) is 1.01. The van der Waals surface area contributed by atoms with E-state index in [1.807, 2.05) is 6.07 Å². The molecule has 0 aliphatic carbocycles. The van der Waals surface area contributed by atoms with E-state index < -0.39 is 10.9 Å². The minimum Gasteiger partial charge on any atom is -0.466 e. The van der Waals surface area contributed by atoms with Crippen molar-refractivity contribution in [2.24, 2.45) is 0 Å². The summed E-state index contributed by atoms with van der Waals surface area (Å²) < 4.78 is 4.78. The van der Waals surface area contributed by atoms with Crippen LogP contribution in [0.3, 0.4) is 0 Å². The Kier molecular flexibility index (Phi) is 5.01. The van der Waals surface area contributed by atoms with Gasteiger partial charge in [-0.3, -0.25) is 14.9 Å². The number of nitro groups is 1. The first-order chi connectivity index (χ1) is 9.03. The van der Waals surface area contributed by atoms with Crippen molar-refractivity contribution in [3.63, 3.8) is 0 Å². The van der Waals surface area contributed by atoms with Crippen molar-refractivity contribution >= 4 is 11.7 Å². The van der Waals surface area contributed by atoms with Gasteiger partial charge in [-0.05, 0) is 25.0 Å². The highest BCUT2D eigenvalue weighted by atomic mass is 16.6. The smallest absolute Gasteiger partial charge is 0.310 e. The Morgan fingerprint density at radius 2 is 2.11 bits per heavy atom. The highest BCUT2D eigenvalue weighted by molar-refractivity contribution is 5.74. The standard InChI is InChI=1S/C13H14N2O4/c1-3-9-5-11(8-14)10(6-12(9)15(17)18)7-13(16)19-4-2/h5-6H,3-4,7H2,1-2H3. The van der Waals surface area contributed by atoms with Crippen molar-refractivity contribution in [2.75, 3.05) is 6.61 Å². The van der Waals surface area contributed by atoms with Gasteiger partial charge in [-0.1, -0.05) is 6.92 Å². The van der Waals surface area contributed by atoms with Crippen LogP contribution in [0.15, 0.2) is 12.1 Å². The highest BCUT2D eigenvalue weighted by Crippen LogP contribution is 2.24. The molecule has 0 fully saturated rings. The minimum atomic E-state index is -0.505. The molecule has 100 valence electrons. The van der Waals surface area contributed by atoms with Gasteiger partial charge in [-0.15, -0.1) is 0 Å². The maximum atomic E-state index is 11.4. The lowest BCUT2D eigenvalue weighted by Gasteiger charge is -2.07. The summed E-state index contributed by atoms with van der Waals surface area (Å²) in [6.07, 6.45) is 0.312. The van der Waals surface area contributed by atoms with Crippen LogP contribution in [-0.2, 0) is 22.4 Å². The van der Waals surface area contributed by atoms with Crippen molar-refractivity contribution in [3.8, 4) is 6.07 Å². The van der Waals surface area contributed by atoms with E-state index in [1.54, 1.807) is 13.8 Å². The van der Waals surface area contributed by atoms with Crippen LogP contribution >= 0.6 is 0 Å². The van der Waals surface area contributed by atoms with Gasteiger partial charge in [0.2, 0.25) is 0 Å². The molecule has 1 rings (SSSR count). The molecule has 6 heteroatoms. The number of nitro benzene ring substituents is 1. The van der Waals surface area contributed by atoms with E-state index in [4.69, 9.17) is 10.00 Å². The number of ether oxygens (including phenoxy) is 1. The Bertz CT molecular complexity index is 546. The first-order valence-electron chi connectivity index (χ1n) is 5.89. The van der Waals surface area contributed by atoms with Crippen molar-refractivity contribution < 1.29 is 14.5 Å². The Morgan fingerprint density at radius 3 is 2.58 bits per heavy atom. The van der Waals surface area contributed by atoms with E-state index in [-0.39, 0.29) is 24.3 Å². The van der Waals surface area contributed by atoms with Gasteiger partial charge in [0.15, 0.2) is 0 Å². The van der Waals surface area contributed by atoms with Crippen molar-refractivity contribution in [2.45, 2.75) is 26.7 Å². The van der Waals surface area contributed by atoms with Crippen LogP contribution in [0.25, 0.3) is 0 Å². The molecule has 0 aliphatic rings. The third-order valence-electron chi connectivity index (χ3n) is 2.64. The molecule has 0 saturated carbocycles. The molecule has 1 aromatic carbocycles. The molecule has 0 aromatic heterocycles. The molecule has 0 unspecified atom stereocenters. The first-order valence-corrected chi connectivity index (χ1v) is 5.89. The number of hydrogen-bond acceptors (Lipinski definition) is 5. The van der Waals surface area contributed by atoms with Crippen molar-refractivity contribution in [1.29, 1.82) is 5.26 Å². The number of rotatable bonds is 5. The Morgan fingerprint density at radius 1 is 1.42 bits per heavy atom. The maximum absolute atomic E-state index is 11.4. The zero-order valence-electron chi connectivity index (χ0n) is 10.8. The van der Waals surface area contributed by atoms with Crippen LogP contribution in [0, 0.1) is 21.4 Å². The minimum absolute atomic E-state index is 0.0687. The Labute approximate surface area is 110 Å². The molecule has 0 atom stereocenters. The second-order valence-corrected chi connectivity index (χ2v) is 3.84. The molecule has 19 heavy (non-hydrogen) atoms. The first kappa shape index (κ1) is 14.6. The molecule has 6 nitrogen and oxygen atoms in total. The number of aryl methyl sites for hydroxylation is 1. The summed E-state index contributed by atoms with van der Waals surface area (Å²) in [7, 11) is 0. The average molecular weight is 262 g/mol. The third-order valence-corrected chi connectivity index (χ3v) is 2.64. The van der Waals surface area contributed by atoms with Crippen LogP contribution < -0.4 is 0 Å². The largest absolute Gasteiger partial charge is 0.466 e. The molecule has 0 bridgehead atoms. The van der Waals surface area contributed by atoms with Crippen LogP contribution in [0.5, 0.6) is 0 Å². The van der Waals surface area contributed by atoms with Crippen LogP contribution in [0.2, 0.25) is 0 Å². The van der Waals surface area contributed by atoms with E-state index in [0.717, 1.165) is 0 Å². The van der Waals surface area contributed by atoms with Gasteiger partial charge >= 0.3 is 5.97 Å². The number of esters is 1. The van der Waals surface area contributed by atoms with Crippen molar-refractivity contribution in [3.05, 3.63) is 38.9 Å². The van der Waals surface area contributed by atoms with Gasteiger partial charge in [-0.2, -0.15) is 5.26 Å². The monoisotopic (exact) mass is 262 g/mol. The Balaban J connectivity index is 3.23. The van der Waals surface area contributed by atoms with Crippen molar-refractivity contribution in [1.82, 2.24) is 0 Å². The predicted octanol–water partition coefficient (Wildman–Crippen LogP) is 2.13. The van der Waals surface area contributed by atoms with Gasteiger partial charge in [0.05, 0.1) is 29.6 Å². The molecular formula is C13H14N2O4. The SMILES string of the molecule is CCOC(=O)Cc1cc([N+](=O)[O-])c(CC)cc1C#N. The average Bonchev–Trinajstić information content (AvgIpc) is 2.38. The van der Waals surface area contributed by atoms with Crippen LogP contribution in [0.1, 0.15) is 30.5 Å². The number of nitriles is 1. The van der Waals surface area contributed by atoms with Crippen LogP contribution in [-0.4, -0.2) is 17.5 Å². The number of benzene rings is 1. The quantitative estimate of drug-likeness (QED) is 0.460. The van der Waals surface area contributed by atoms with Gasteiger partial charge in [0.25, 0.3) is 5.69 Å². The lowest BCUT2D eigenvalue weighted by Crippen LogP contribution is -2.09. The summed E-state index contributed by atoms with van der Waals surface area (Å²) >= 11 is 0. The summed E-state index contributed by atoms with van der Waals surface area (Å²) in [4.78, 5) is 21.9. The lowest BCUT2D eigenvalue weighted by molar-refractivity contribution is -0.385. The lowest BCUT2D eigenvalue weighted by atomic mass is 9.99. The molecule has 0 spiro atoms. The molecule has 0 N–H and O–H groups in total. The normalized spacial score (nSPS) is 9.74. The second-order valence-electron chi connectivity index (χ2n) is 3.84. The van der Waals surface area contributed by atoms with E-state index in [1.165, 1.54) is 12.1 Å². The zero-order valence-corrected chi connectivity index (χ0v) is 10.8. The molecule has 0 aliphatic heterocycles. The van der Waals surface area contributed by atoms with Crippen LogP contribution in [0.4, 0.5) is 5.69 Å². The van der Waals surface area contributed by atoms with Gasteiger partial charge in [0.1, 0.15) is 0 Å². The molecule has 0 saturated heterocycles. The predicted molar refractivity (Wildman–Crippen MR) is 67.5 cm³/mol. The molecule has 0 radical (unpaired) electrons. The maximum Gasteiger partial charge on any atom is 0.310 e. The summed E-state index contributed by atoms with van der Waals surface area (Å²) in [6.45, 7) is 3.68. The molecule has 1 aromatic rings. The van der Waals surface area contributed by atoms with E-state index >= 15 is 0 Å². The summed E-state index contributed by atoms with van der Waals surface area (Å²) in [5.74, 6) is -0.502. The Hall–Kier alpha value is -2.42. The van der Waals surface area contributed by atoms with E-state index in [9.17, 15) is 14.9 Å². The number of nitrogens with zero attached hydrogens (tertiary/aromatic N) is 2. The van der Waals surface area contributed by atoms with Gasteiger partial charge in [-0.25, -0.2) is 0 Å². The fraction of sp³-hybridized carbons (Fsp3) is 0.385. The molecular weight excluding hydrogens is 248 g/mol. The van der Waals surface area contributed by atoms with E-state index in [2.05, 4.69) is 0 Å². The van der Waals surface area contributed by atoms with Gasteiger partial charge in [0, 0.05) is 11.6 Å². The topological polar surface area (TPSA) is 93.2 Å². The number of carbonyl (C=O) groups is 1. The summed E-state index contributed by atoms with van der Waals surface area (Å²) in [5, 5.41) is 20.0. The van der Waals surface area contributed by atoms with E-state index in [0.29, 0.717) is 17.5 Å². The molecule has 0 heterocycles.